The van der Waals surface area contributed by atoms with Crippen LogP contribution >= 0.6 is 11.6 Å². The number of amides is 1. The normalized spacial score (nSPS) is 10.3. The van der Waals surface area contributed by atoms with E-state index >= 15 is 0 Å². The molecule has 0 unspecified atom stereocenters. The van der Waals surface area contributed by atoms with Crippen LogP contribution in [0.25, 0.3) is 0 Å². The van der Waals surface area contributed by atoms with Crippen LogP contribution in [0.15, 0.2) is 18.3 Å². The Morgan fingerprint density at radius 2 is 2.00 bits per heavy atom. The third-order valence-corrected chi connectivity index (χ3v) is 2.82. The fourth-order valence-electron chi connectivity index (χ4n) is 1.71. The summed E-state index contributed by atoms with van der Waals surface area (Å²) in [5.74, 6) is -0.327. The first-order valence-electron chi connectivity index (χ1n) is 5.72. The average Bonchev–Trinajstić information content (AvgIpc) is 2.32. The van der Waals surface area contributed by atoms with Crippen molar-refractivity contribution in [3.8, 4) is 0 Å². The summed E-state index contributed by atoms with van der Waals surface area (Å²) in [6.45, 7) is 5.49. The SMILES string of the molecule is Cc1cc(C(=O)Nc2c(C)ccnc2C)nc(Cl)n1. The van der Waals surface area contributed by atoms with Gasteiger partial charge in [0.25, 0.3) is 5.91 Å². The van der Waals surface area contributed by atoms with Crippen molar-refractivity contribution in [2.75, 3.05) is 5.32 Å². The first-order valence-corrected chi connectivity index (χ1v) is 6.10. The fraction of sp³-hybridized carbons (Fsp3) is 0.231. The van der Waals surface area contributed by atoms with Crippen LogP contribution in [0, 0.1) is 20.8 Å². The van der Waals surface area contributed by atoms with Crippen molar-refractivity contribution in [2.24, 2.45) is 0 Å². The summed E-state index contributed by atoms with van der Waals surface area (Å²) >= 11 is 5.75. The predicted molar refractivity (Wildman–Crippen MR) is 73.4 cm³/mol. The van der Waals surface area contributed by atoms with Crippen LogP contribution in [-0.4, -0.2) is 20.9 Å². The van der Waals surface area contributed by atoms with Gasteiger partial charge in [-0.25, -0.2) is 9.97 Å². The molecule has 2 aromatic rings. The Morgan fingerprint density at radius 1 is 1.26 bits per heavy atom. The molecule has 2 heterocycles. The van der Waals surface area contributed by atoms with Crippen LogP contribution in [0.4, 0.5) is 5.69 Å². The molecule has 2 aromatic heterocycles. The molecule has 0 aromatic carbocycles. The van der Waals surface area contributed by atoms with E-state index in [9.17, 15) is 4.79 Å². The van der Waals surface area contributed by atoms with Crippen LogP contribution in [0.3, 0.4) is 0 Å². The summed E-state index contributed by atoms with van der Waals surface area (Å²) in [4.78, 5) is 24.1. The minimum Gasteiger partial charge on any atom is -0.319 e. The van der Waals surface area contributed by atoms with E-state index in [1.807, 2.05) is 19.9 Å². The molecule has 0 aliphatic carbocycles. The van der Waals surface area contributed by atoms with Crippen LogP contribution in [0.5, 0.6) is 0 Å². The van der Waals surface area contributed by atoms with Crippen LogP contribution in [0.2, 0.25) is 5.28 Å². The van der Waals surface area contributed by atoms with Gasteiger partial charge in [-0.05, 0) is 50.1 Å². The van der Waals surface area contributed by atoms with Gasteiger partial charge in [-0.1, -0.05) is 0 Å². The number of anilines is 1. The van der Waals surface area contributed by atoms with Crippen molar-refractivity contribution in [2.45, 2.75) is 20.8 Å². The molecule has 98 valence electrons. The van der Waals surface area contributed by atoms with E-state index in [-0.39, 0.29) is 16.9 Å². The van der Waals surface area contributed by atoms with Gasteiger partial charge in [0.2, 0.25) is 5.28 Å². The van der Waals surface area contributed by atoms with E-state index in [2.05, 4.69) is 20.3 Å². The largest absolute Gasteiger partial charge is 0.319 e. The second kappa shape index (κ2) is 5.32. The Balaban J connectivity index is 2.31. The van der Waals surface area contributed by atoms with Gasteiger partial charge in [0.1, 0.15) is 5.69 Å². The number of hydrogen-bond acceptors (Lipinski definition) is 4. The number of aromatic nitrogens is 3. The zero-order valence-electron chi connectivity index (χ0n) is 10.9. The summed E-state index contributed by atoms with van der Waals surface area (Å²) in [7, 11) is 0. The highest BCUT2D eigenvalue weighted by molar-refractivity contribution is 6.28. The molecule has 5 nitrogen and oxygen atoms in total. The lowest BCUT2D eigenvalue weighted by Crippen LogP contribution is -2.16. The van der Waals surface area contributed by atoms with Gasteiger partial charge in [-0.3, -0.25) is 9.78 Å². The molecule has 0 saturated heterocycles. The molecule has 0 bridgehead atoms. The lowest BCUT2D eigenvalue weighted by Gasteiger charge is -2.10. The van der Waals surface area contributed by atoms with E-state index in [0.29, 0.717) is 11.4 Å². The Bertz CT molecular complexity index is 602. The minimum atomic E-state index is -0.327. The molecule has 1 amide bonds. The standard InChI is InChI=1S/C13H13ClN4O/c1-7-4-5-15-9(3)11(7)18-12(19)10-6-8(2)16-13(14)17-10/h4-6H,1-3H3,(H,18,19). The van der Waals surface area contributed by atoms with Gasteiger partial charge < -0.3 is 5.32 Å². The Hall–Kier alpha value is -2.01. The summed E-state index contributed by atoms with van der Waals surface area (Å²) in [5.41, 5.74) is 3.27. The quantitative estimate of drug-likeness (QED) is 0.857. The predicted octanol–water partition coefficient (Wildman–Crippen LogP) is 2.70. The molecular formula is C13H13ClN4O. The number of aryl methyl sites for hydroxylation is 3. The maximum Gasteiger partial charge on any atom is 0.274 e. The topological polar surface area (TPSA) is 67.8 Å². The van der Waals surface area contributed by atoms with Crippen molar-refractivity contribution in [1.82, 2.24) is 15.0 Å². The zero-order chi connectivity index (χ0) is 14.0. The lowest BCUT2D eigenvalue weighted by molar-refractivity contribution is 0.102. The molecule has 0 radical (unpaired) electrons. The first-order chi connectivity index (χ1) is 8.97. The van der Waals surface area contributed by atoms with E-state index in [1.54, 1.807) is 19.2 Å². The second-order valence-corrected chi connectivity index (χ2v) is 4.54. The number of hydrogen-bond donors (Lipinski definition) is 1. The highest BCUT2D eigenvalue weighted by atomic mass is 35.5. The molecule has 2 rings (SSSR count). The first kappa shape index (κ1) is 13.4. The Labute approximate surface area is 116 Å². The van der Waals surface area contributed by atoms with Crippen LogP contribution in [-0.2, 0) is 0 Å². The third-order valence-electron chi connectivity index (χ3n) is 2.65. The number of halogens is 1. The van der Waals surface area contributed by atoms with Crippen molar-refractivity contribution in [3.05, 3.63) is 46.3 Å². The number of carbonyl (C=O) groups is 1. The van der Waals surface area contributed by atoms with E-state index in [0.717, 1.165) is 11.3 Å². The third kappa shape index (κ3) is 3.06. The molecule has 6 heteroatoms. The number of pyridine rings is 1. The van der Waals surface area contributed by atoms with Gasteiger partial charge in [0.05, 0.1) is 11.4 Å². The second-order valence-electron chi connectivity index (χ2n) is 4.21. The number of nitrogens with zero attached hydrogens (tertiary/aromatic N) is 3. The van der Waals surface area contributed by atoms with Gasteiger partial charge in [-0.2, -0.15) is 0 Å². The molecule has 0 fully saturated rings. The van der Waals surface area contributed by atoms with Crippen molar-refractivity contribution in [1.29, 1.82) is 0 Å². The van der Waals surface area contributed by atoms with Gasteiger partial charge in [-0.15, -0.1) is 0 Å². The van der Waals surface area contributed by atoms with Gasteiger partial charge in [0, 0.05) is 11.9 Å². The molecular weight excluding hydrogens is 264 g/mol. The number of carbonyl (C=O) groups excluding carboxylic acids is 1. The van der Waals surface area contributed by atoms with Gasteiger partial charge >= 0.3 is 0 Å². The minimum absolute atomic E-state index is 0.0600. The molecule has 0 aliphatic rings. The monoisotopic (exact) mass is 276 g/mol. The Kier molecular flexibility index (Phi) is 3.76. The van der Waals surface area contributed by atoms with Gasteiger partial charge in [0.15, 0.2) is 0 Å². The molecule has 0 saturated carbocycles. The molecule has 0 spiro atoms. The smallest absolute Gasteiger partial charge is 0.274 e. The molecule has 1 N–H and O–H groups in total. The number of rotatable bonds is 2. The van der Waals surface area contributed by atoms with Crippen LogP contribution < -0.4 is 5.32 Å². The van der Waals surface area contributed by atoms with E-state index < -0.39 is 0 Å². The van der Waals surface area contributed by atoms with E-state index in [1.165, 1.54) is 0 Å². The fourth-order valence-corrected chi connectivity index (χ4v) is 1.93. The summed E-state index contributed by atoms with van der Waals surface area (Å²) < 4.78 is 0. The van der Waals surface area contributed by atoms with Crippen molar-refractivity contribution >= 4 is 23.2 Å². The molecule has 19 heavy (non-hydrogen) atoms. The summed E-state index contributed by atoms with van der Waals surface area (Å²) in [6.07, 6.45) is 1.70. The average molecular weight is 277 g/mol. The highest BCUT2D eigenvalue weighted by Gasteiger charge is 2.13. The maximum atomic E-state index is 12.1. The molecule has 0 atom stereocenters. The zero-order valence-corrected chi connectivity index (χ0v) is 11.6. The van der Waals surface area contributed by atoms with Crippen LogP contribution in [0.1, 0.15) is 27.4 Å². The van der Waals surface area contributed by atoms with E-state index in [4.69, 9.17) is 11.6 Å². The van der Waals surface area contributed by atoms with Crippen molar-refractivity contribution in [3.63, 3.8) is 0 Å². The summed E-state index contributed by atoms with van der Waals surface area (Å²) in [6, 6.07) is 3.42. The maximum absolute atomic E-state index is 12.1. The number of nitrogens with one attached hydrogen (secondary N) is 1. The lowest BCUT2D eigenvalue weighted by atomic mass is 10.2. The van der Waals surface area contributed by atoms with Crippen molar-refractivity contribution < 1.29 is 4.79 Å². The molecule has 0 aliphatic heterocycles. The Morgan fingerprint density at radius 3 is 2.63 bits per heavy atom. The summed E-state index contributed by atoms with van der Waals surface area (Å²) in [5, 5.41) is 2.86. The highest BCUT2D eigenvalue weighted by Crippen LogP contribution is 2.18.